The van der Waals surface area contributed by atoms with Gasteiger partial charge in [0.05, 0.1) is 11.8 Å². The molecular formula is C26H33NO3. The predicted octanol–water partition coefficient (Wildman–Crippen LogP) is 5.14. The van der Waals surface area contributed by atoms with Gasteiger partial charge in [-0.1, -0.05) is 69.0 Å². The third-order valence-corrected chi connectivity index (χ3v) is 8.50. The van der Waals surface area contributed by atoms with Gasteiger partial charge in [0.2, 0.25) is 5.91 Å². The van der Waals surface area contributed by atoms with Crippen LogP contribution in [-0.2, 0) is 16.1 Å². The summed E-state index contributed by atoms with van der Waals surface area (Å²) >= 11 is 0. The molecule has 5 rings (SSSR count). The second-order valence-corrected chi connectivity index (χ2v) is 10.2. The Bertz CT molecular complexity index is 867. The van der Waals surface area contributed by atoms with Crippen molar-refractivity contribution in [1.82, 2.24) is 4.90 Å². The van der Waals surface area contributed by atoms with Crippen molar-refractivity contribution >= 4 is 11.9 Å². The van der Waals surface area contributed by atoms with Crippen molar-refractivity contribution in [3.05, 3.63) is 47.5 Å². The highest BCUT2D eigenvalue weighted by atomic mass is 16.4. The van der Waals surface area contributed by atoms with Crippen molar-refractivity contribution in [2.45, 2.75) is 76.3 Å². The van der Waals surface area contributed by atoms with Crippen LogP contribution in [0.3, 0.4) is 0 Å². The minimum absolute atomic E-state index is 0.0183. The Kier molecular flexibility index (Phi) is 4.99. The van der Waals surface area contributed by atoms with E-state index in [1.165, 1.54) is 24.0 Å². The van der Waals surface area contributed by atoms with Gasteiger partial charge in [-0.3, -0.25) is 9.59 Å². The molecule has 2 saturated carbocycles. The van der Waals surface area contributed by atoms with Crippen LogP contribution in [0.5, 0.6) is 0 Å². The minimum Gasteiger partial charge on any atom is -0.481 e. The van der Waals surface area contributed by atoms with Gasteiger partial charge in [-0.25, -0.2) is 0 Å². The fourth-order valence-electron chi connectivity index (χ4n) is 7.13. The monoisotopic (exact) mass is 407 g/mol. The molecular weight excluding hydrogens is 374 g/mol. The molecule has 0 saturated heterocycles. The second kappa shape index (κ2) is 7.55. The summed E-state index contributed by atoms with van der Waals surface area (Å²) in [7, 11) is 0. The number of carbonyl (C=O) groups excluding carboxylic acids is 1. The number of carboxylic acids is 1. The average molecular weight is 408 g/mol. The number of allylic oxidation sites excluding steroid dienone is 2. The molecule has 30 heavy (non-hydrogen) atoms. The molecule has 3 aliphatic carbocycles. The highest BCUT2D eigenvalue weighted by Gasteiger charge is 2.55. The second-order valence-electron chi connectivity index (χ2n) is 10.2. The molecule has 1 aromatic rings. The van der Waals surface area contributed by atoms with Crippen LogP contribution in [0, 0.1) is 23.7 Å². The largest absolute Gasteiger partial charge is 0.481 e. The van der Waals surface area contributed by atoms with E-state index in [0.717, 1.165) is 38.5 Å². The standard InChI is InChI=1S/C26H33NO3/c1-17-15-26(12-6-2-3-7-13-26)27(16-20-8-4-5-9-21(17)20)24(28)22-18-10-11-19(14-18)23(22)25(29)30/h4-5,8-11,17-19,22-23H,2-3,6-7,12-16H2,1H3,(H,29,30). The third-order valence-electron chi connectivity index (χ3n) is 8.50. The van der Waals surface area contributed by atoms with Crippen LogP contribution in [0.15, 0.2) is 36.4 Å². The van der Waals surface area contributed by atoms with Gasteiger partial charge in [0.15, 0.2) is 0 Å². The number of hydrogen-bond acceptors (Lipinski definition) is 2. The zero-order valence-electron chi connectivity index (χ0n) is 17.9. The Labute approximate surface area is 179 Å². The van der Waals surface area contributed by atoms with Crippen LogP contribution < -0.4 is 0 Å². The van der Waals surface area contributed by atoms with Crippen molar-refractivity contribution in [3.63, 3.8) is 0 Å². The molecule has 1 amide bonds. The lowest BCUT2D eigenvalue weighted by atomic mass is 9.77. The number of nitrogens with zero attached hydrogens (tertiary/aromatic N) is 1. The van der Waals surface area contributed by atoms with Crippen molar-refractivity contribution in [2.24, 2.45) is 23.7 Å². The molecule has 0 aromatic heterocycles. The molecule has 5 atom stereocenters. The van der Waals surface area contributed by atoms with Crippen molar-refractivity contribution in [3.8, 4) is 0 Å². The van der Waals surface area contributed by atoms with E-state index < -0.39 is 17.8 Å². The van der Waals surface area contributed by atoms with E-state index >= 15 is 0 Å². The van der Waals surface area contributed by atoms with E-state index in [9.17, 15) is 14.7 Å². The van der Waals surface area contributed by atoms with Gasteiger partial charge in [0.25, 0.3) is 0 Å². The number of amides is 1. The quantitative estimate of drug-likeness (QED) is 0.691. The number of carboxylic acid groups (broad SMARTS) is 1. The first-order valence-electron chi connectivity index (χ1n) is 11.8. The Morgan fingerprint density at radius 2 is 1.67 bits per heavy atom. The van der Waals surface area contributed by atoms with Gasteiger partial charge in [-0.2, -0.15) is 0 Å². The van der Waals surface area contributed by atoms with Crippen LogP contribution in [0.4, 0.5) is 0 Å². The minimum atomic E-state index is -0.802. The average Bonchev–Trinajstić information content (AvgIpc) is 3.24. The highest BCUT2D eigenvalue weighted by molar-refractivity contribution is 5.87. The lowest BCUT2D eigenvalue weighted by Gasteiger charge is -2.46. The maximum absolute atomic E-state index is 14.2. The summed E-state index contributed by atoms with van der Waals surface area (Å²) in [5.41, 5.74) is 2.46. The van der Waals surface area contributed by atoms with Crippen molar-refractivity contribution < 1.29 is 14.7 Å². The van der Waals surface area contributed by atoms with E-state index in [-0.39, 0.29) is 23.3 Å². The summed E-state index contributed by atoms with van der Waals surface area (Å²) in [6.45, 7) is 2.93. The first-order valence-corrected chi connectivity index (χ1v) is 11.8. The van der Waals surface area contributed by atoms with Gasteiger partial charge >= 0.3 is 5.97 Å². The van der Waals surface area contributed by atoms with Gasteiger partial charge in [0.1, 0.15) is 0 Å². The van der Waals surface area contributed by atoms with Crippen LogP contribution in [-0.4, -0.2) is 27.4 Å². The summed E-state index contributed by atoms with van der Waals surface area (Å²) in [4.78, 5) is 28.5. The molecule has 2 fully saturated rings. The first kappa shape index (κ1) is 19.8. The molecule has 4 aliphatic rings. The van der Waals surface area contributed by atoms with Crippen LogP contribution >= 0.6 is 0 Å². The molecule has 0 radical (unpaired) electrons. The normalized spacial score (nSPS) is 34.4. The van der Waals surface area contributed by atoms with Crippen LogP contribution in [0.1, 0.15) is 75.3 Å². The number of hydrogen-bond donors (Lipinski definition) is 1. The van der Waals surface area contributed by atoms with Crippen LogP contribution in [0.2, 0.25) is 0 Å². The Balaban J connectivity index is 1.56. The first-order chi connectivity index (χ1) is 14.5. The van der Waals surface area contributed by atoms with E-state index in [0.29, 0.717) is 12.5 Å². The lowest BCUT2D eigenvalue weighted by molar-refractivity contribution is -0.155. The lowest BCUT2D eigenvalue weighted by Crippen LogP contribution is -2.54. The summed E-state index contributed by atoms with van der Waals surface area (Å²) in [5, 5.41) is 9.95. The van der Waals surface area contributed by atoms with Gasteiger partial charge in [-0.15, -0.1) is 0 Å². The SMILES string of the molecule is CC1CC2(CCCCCC2)N(C(=O)C2C3C=CC(C3)C2C(=O)O)Cc2ccccc21. The number of aliphatic carboxylic acids is 1. The molecule has 1 aliphatic heterocycles. The van der Waals surface area contributed by atoms with Gasteiger partial charge < -0.3 is 10.0 Å². The van der Waals surface area contributed by atoms with Crippen molar-refractivity contribution in [1.29, 1.82) is 0 Å². The summed E-state index contributed by atoms with van der Waals surface area (Å²) in [5.74, 6) is -1.16. The Morgan fingerprint density at radius 3 is 2.37 bits per heavy atom. The molecule has 1 heterocycles. The molecule has 4 heteroatoms. The molecule has 1 N–H and O–H groups in total. The predicted molar refractivity (Wildman–Crippen MR) is 116 cm³/mol. The molecule has 1 spiro atoms. The van der Waals surface area contributed by atoms with Gasteiger partial charge in [-0.05, 0) is 54.6 Å². The van der Waals surface area contributed by atoms with E-state index in [1.807, 2.05) is 6.08 Å². The number of fused-ring (bicyclic) bond motifs is 3. The summed E-state index contributed by atoms with van der Waals surface area (Å²) in [6.07, 6.45) is 12.8. The molecule has 160 valence electrons. The summed E-state index contributed by atoms with van der Waals surface area (Å²) < 4.78 is 0. The third kappa shape index (κ3) is 3.11. The zero-order chi connectivity index (χ0) is 20.9. The van der Waals surface area contributed by atoms with E-state index in [2.05, 4.69) is 42.2 Å². The smallest absolute Gasteiger partial charge is 0.307 e. The topological polar surface area (TPSA) is 57.6 Å². The molecule has 5 unspecified atom stereocenters. The Morgan fingerprint density at radius 1 is 1.00 bits per heavy atom. The van der Waals surface area contributed by atoms with E-state index in [4.69, 9.17) is 0 Å². The summed E-state index contributed by atoms with van der Waals surface area (Å²) in [6, 6.07) is 8.56. The number of benzene rings is 1. The molecule has 1 aromatic carbocycles. The number of carbonyl (C=O) groups is 2. The number of rotatable bonds is 2. The molecule has 2 bridgehead atoms. The maximum atomic E-state index is 14.2. The maximum Gasteiger partial charge on any atom is 0.307 e. The van der Waals surface area contributed by atoms with Crippen molar-refractivity contribution in [2.75, 3.05) is 0 Å². The van der Waals surface area contributed by atoms with Crippen LogP contribution in [0.25, 0.3) is 0 Å². The Hall–Kier alpha value is -2.10. The van der Waals surface area contributed by atoms with E-state index in [1.54, 1.807) is 0 Å². The highest BCUT2D eigenvalue weighted by Crippen LogP contribution is 2.51. The zero-order valence-corrected chi connectivity index (χ0v) is 17.9. The fourth-order valence-corrected chi connectivity index (χ4v) is 7.13. The molecule has 4 nitrogen and oxygen atoms in total. The van der Waals surface area contributed by atoms with Gasteiger partial charge in [0, 0.05) is 12.1 Å². The fraction of sp³-hybridized carbons (Fsp3) is 0.615.